The van der Waals surface area contributed by atoms with Crippen molar-refractivity contribution in [3.63, 3.8) is 0 Å². The minimum Gasteiger partial charge on any atom is -0.457 e. The zero-order valence-corrected chi connectivity index (χ0v) is 11.5. The average Bonchev–Trinajstić information content (AvgIpc) is 2.71. The zero-order valence-electron chi connectivity index (χ0n) is 11.5. The van der Waals surface area contributed by atoms with Crippen LogP contribution in [0.1, 0.15) is 43.1 Å². The number of rotatable bonds is 4. The van der Waals surface area contributed by atoms with E-state index in [0.29, 0.717) is 5.69 Å². The molecule has 2 aliphatic rings. The summed E-state index contributed by atoms with van der Waals surface area (Å²) in [7, 11) is 1.80. The Bertz CT molecular complexity index is 479. The van der Waals surface area contributed by atoms with E-state index in [9.17, 15) is 4.79 Å². The molecule has 104 valence electrons. The van der Waals surface area contributed by atoms with Gasteiger partial charge in [-0.1, -0.05) is 6.42 Å². The molecule has 5 heteroatoms. The highest BCUT2D eigenvalue weighted by atomic mass is 16.6. The fraction of sp³-hybridized carbons (Fsp3) is 0.714. The molecule has 0 amide bonds. The first-order chi connectivity index (χ1) is 9.17. The van der Waals surface area contributed by atoms with Gasteiger partial charge in [0.2, 0.25) is 0 Å². The zero-order chi connectivity index (χ0) is 13.5. The van der Waals surface area contributed by atoms with Crippen molar-refractivity contribution in [2.75, 3.05) is 6.61 Å². The predicted molar refractivity (Wildman–Crippen MR) is 68.7 cm³/mol. The van der Waals surface area contributed by atoms with E-state index in [0.717, 1.165) is 25.9 Å². The Labute approximate surface area is 112 Å². The standard InChI is InChI=1S/C14H20N2O3/c1-3-18-11-7-12(14(11)5-4-6-14)19-13(17)10-8-15-9-16(10)2/h8-9,11-12H,3-7H2,1-2H3/t11-,12+/m0/s1. The predicted octanol–water partition coefficient (Wildman–Crippen LogP) is 1.92. The Hall–Kier alpha value is -1.36. The van der Waals surface area contributed by atoms with Gasteiger partial charge in [0.1, 0.15) is 11.8 Å². The number of imidazole rings is 1. The normalized spacial score (nSPS) is 27.7. The summed E-state index contributed by atoms with van der Waals surface area (Å²) in [5.74, 6) is -0.272. The maximum absolute atomic E-state index is 12.1. The number of ether oxygens (including phenoxy) is 2. The minimum atomic E-state index is -0.272. The molecular formula is C14H20N2O3. The van der Waals surface area contributed by atoms with Crippen molar-refractivity contribution >= 4 is 5.97 Å². The van der Waals surface area contributed by atoms with E-state index in [2.05, 4.69) is 4.98 Å². The molecule has 0 saturated heterocycles. The van der Waals surface area contributed by atoms with Gasteiger partial charge in [-0.15, -0.1) is 0 Å². The molecule has 0 aromatic carbocycles. The van der Waals surface area contributed by atoms with Crippen LogP contribution in [0.5, 0.6) is 0 Å². The smallest absolute Gasteiger partial charge is 0.356 e. The van der Waals surface area contributed by atoms with Crippen LogP contribution in [0.15, 0.2) is 12.5 Å². The largest absolute Gasteiger partial charge is 0.457 e. The Morgan fingerprint density at radius 3 is 2.84 bits per heavy atom. The van der Waals surface area contributed by atoms with Crippen LogP contribution < -0.4 is 0 Å². The second-order valence-corrected chi connectivity index (χ2v) is 5.55. The van der Waals surface area contributed by atoms with E-state index in [1.54, 1.807) is 24.1 Å². The molecule has 5 nitrogen and oxygen atoms in total. The van der Waals surface area contributed by atoms with Crippen LogP contribution in [0.25, 0.3) is 0 Å². The molecule has 19 heavy (non-hydrogen) atoms. The SMILES string of the molecule is CCO[C@H]1C[C@@H](OC(=O)c2cncn2C)C12CCC2. The van der Waals surface area contributed by atoms with Crippen molar-refractivity contribution in [2.45, 2.75) is 44.8 Å². The molecule has 2 atom stereocenters. The number of carbonyl (C=O) groups excluding carboxylic acids is 1. The van der Waals surface area contributed by atoms with Crippen molar-refractivity contribution in [1.29, 1.82) is 0 Å². The third-order valence-corrected chi connectivity index (χ3v) is 4.64. The molecule has 1 spiro atoms. The van der Waals surface area contributed by atoms with E-state index in [4.69, 9.17) is 9.47 Å². The molecule has 1 heterocycles. The summed E-state index contributed by atoms with van der Waals surface area (Å²) in [6.07, 6.45) is 7.72. The lowest BCUT2D eigenvalue weighted by Gasteiger charge is -2.59. The third-order valence-electron chi connectivity index (χ3n) is 4.64. The van der Waals surface area contributed by atoms with Crippen LogP contribution in [-0.4, -0.2) is 34.3 Å². The first kappa shape index (κ1) is 12.7. The summed E-state index contributed by atoms with van der Waals surface area (Å²) in [5, 5.41) is 0. The lowest BCUT2D eigenvalue weighted by molar-refractivity contribution is -0.225. The van der Waals surface area contributed by atoms with Gasteiger partial charge >= 0.3 is 5.97 Å². The van der Waals surface area contributed by atoms with E-state index in [1.807, 2.05) is 6.92 Å². The van der Waals surface area contributed by atoms with Crippen molar-refractivity contribution in [3.8, 4) is 0 Å². The van der Waals surface area contributed by atoms with Crippen LogP contribution in [0, 0.1) is 5.41 Å². The first-order valence-electron chi connectivity index (χ1n) is 6.96. The molecule has 2 saturated carbocycles. The molecular weight excluding hydrogens is 244 g/mol. The number of esters is 1. The summed E-state index contributed by atoms with van der Waals surface area (Å²) in [6.45, 7) is 2.75. The van der Waals surface area contributed by atoms with Crippen molar-refractivity contribution < 1.29 is 14.3 Å². The average molecular weight is 264 g/mol. The summed E-state index contributed by atoms with van der Waals surface area (Å²) in [6, 6.07) is 0. The van der Waals surface area contributed by atoms with Gasteiger partial charge in [0, 0.05) is 25.5 Å². The Morgan fingerprint density at radius 2 is 2.32 bits per heavy atom. The highest BCUT2D eigenvalue weighted by Gasteiger charge is 2.61. The van der Waals surface area contributed by atoms with Gasteiger partial charge < -0.3 is 14.0 Å². The van der Waals surface area contributed by atoms with E-state index < -0.39 is 0 Å². The first-order valence-corrected chi connectivity index (χ1v) is 6.96. The lowest BCUT2D eigenvalue weighted by Crippen LogP contribution is -2.63. The molecule has 0 unspecified atom stereocenters. The second-order valence-electron chi connectivity index (χ2n) is 5.55. The van der Waals surface area contributed by atoms with Gasteiger partial charge in [-0.3, -0.25) is 0 Å². The molecule has 0 aliphatic heterocycles. The monoisotopic (exact) mass is 264 g/mol. The maximum Gasteiger partial charge on any atom is 0.356 e. The second kappa shape index (κ2) is 4.63. The number of aromatic nitrogens is 2. The van der Waals surface area contributed by atoms with Gasteiger partial charge in [-0.2, -0.15) is 0 Å². The lowest BCUT2D eigenvalue weighted by atomic mass is 9.52. The van der Waals surface area contributed by atoms with Crippen LogP contribution in [0.3, 0.4) is 0 Å². The Balaban J connectivity index is 1.65. The fourth-order valence-electron chi connectivity index (χ4n) is 3.28. The Kier molecular flexibility index (Phi) is 3.09. The van der Waals surface area contributed by atoms with Crippen molar-refractivity contribution in [2.24, 2.45) is 12.5 Å². The number of aryl methyl sites for hydroxylation is 1. The quantitative estimate of drug-likeness (QED) is 0.780. The Morgan fingerprint density at radius 1 is 1.53 bits per heavy atom. The highest BCUT2D eigenvalue weighted by Crippen LogP contribution is 2.58. The summed E-state index contributed by atoms with van der Waals surface area (Å²) >= 11 is 0. The third kappa shape index (κ3) is 1.87. The van der Waals surface area contributed by atoms with Gasteiger partial charge in [0.15, 0.2) is 0 Å². The van der Waals surface area contributed by atoms with E-state index in [-0.39, 0.29) is 23.6 Å². The summed E-state index contributed by atoms with van der Waals surface area (Å²) in [5.41, 5.74) is 0.610. The molecule has 0 N–H and O–H groups in total. The maximum atomic E-state index is 12.1. The number of hydrogen-bond acceptors (Lipinski definition) is 4. The summed E-state index contributed by atoms with van der Waals surface area (Å²) in [4.78, 5) is 16.0. The van der Waals surface area contributed by atoms with E-state index in [1.165, 1.54) is 6.42 Å². The topological polar surface area (TPSA) is 53.4 Å². The number of carbonyl (C=O) groups is 1. The van der Waals surface area contributed by atoms with Crippen LogP contribution >= 0.6 is 0 Å². The van der Waals surface area contributed by atoms with Gasteiger partial charge in [0.05, 0.1) is 18.6 Å². The van der Waals surface area contributed by atoms with Gasteiger partial charge in [-0.25, -0.2) is 9.78 Å². The molecule has 1 aromatic heterocycles. The molecule has 2 aliphatic carbocycles. The minimum absolute atomic E-state index is 0.0141. The van der Waals surface area contributed by atoms with E-state index >= 15 is 0 Å². The molecule has 2 fully saturated rings. The molecule has 0 radical (unpaired) electrons. The number of hydrogen-bond donors (Lipinski definition) is 0. The highest BCUT2D eigenvalue weighted by molar-refractivity contribution is 5.87. The van der Waals surface area contributed by atoms with Crippen LogP contribution in [0.4, 0.5) is 0 Å². The molecule has 3 rings (SSSR count). The van der Waals surface area contributed by atoms with Gasteiger partial charge in [-0.05, 0) is 19.8 Å². The number of nitrogens with zero attached hydrogens (tertiary/aromatic N) is 2. The van der Waals surface area contributed by atoms with Crippen molar-refractivity contribution in [1.82, 2.24) is 9.55 Å². The van der Waals surface area contributed by atoms with Crippen LogP contribution in [-0.2, 0) is 16.5 Å². The summed E-state index contributed by atoms with van der Waals surface area (Å²) < 4.78 is 13.1. The molecule has 1 aromatic rings. The van der Waals surface area contributed by atoms with Crippen molar-refractivity contribution in [3.05, 3.63) is 18.2 Å². The molecule has 0 bridgehead atoms. The van der Waals surface area contributed by atoms with Crippen LogP contribution in [0.2, 0.25) is 0 Å². The van der Waals surface area contributed by atoms with Gasteiger partial charge in [0.25, 0.3) is 0 Å². The fourth-order valence-corrected chi connectivity index (χ4v) is 3.28.